The average Bonchev–Trinajstić information content (AvgIpc) is 2.66. The number of hydrogen-bond acceptors (Lipinski definition) is 7. The van der Waals surface area contributed by atoms with Gasteiger partial charge in [-0.25, -0.2) is 14.4 Å². The Bertz CT molecular complexity index is 788. The van der Waals surface area contributed by atoms with Gasteiger partial charge in [0.05, 0.1) is 18.9 Å². The van der Waals surface area contributed by atoms with Gasteiger partial charge in [0, 0.05) is 24.4 Å². The third kappa shape index (κ3) is 5.63. The summed E-state index contributed by atoms with van der Waals surface area (Å²) in [5.74, 6) is 1.22. The minimum Gasteiger partial charge on any atom is -0.395 e. The number of aromatic nitrogens is 2. The molecule has 0 amide bonds. The lowest BCUT2D eigenvalue weighted by Gasteiger charge is -2.24. The molecule has 0 bridgehead atoms. The molecule has 0 atom stereocenters. The number of halogens is 1. The SMILES string of the molecule is CC(C)CSc1nc(-c2ccc(F)cc2)c(C#N)c(N(CCO)CCO)n1. The molecule has 2 N–H and O–H groups in total. The Labute approximate surface area is 162 Å². The van der Waals surface area contributed by atoms with Gasteiger partial charge in [0.25, 0.3) is 0 Å². The van der Waals surface area contributed by atoms with Crippen molar-refractivity contribution in [3.05, 3.63) is 35.6 Å². The van der Waals surface area contributed by atoms with Crippen molar-refractivity contribution in [1.82, 2.24) is 9.97 Å². The van der Waals surface area contributed by atoms with Crippen LogP contribution in [0.2, 0.25) is 0 Å². The Hall–Kier alpha value is -2.21. The Morgan fingerprint density at radius 3 is 2.30 bits per heavy atom. The summed E-state index contributed by atoms with van der Waals surface area (Å²) < 4.78 is 13.3. The first-order chi connectivity index (χ1) is 13.0. The van der Waals surface area contributed by atoms with Gasteiger partial charge in [-0.3, -0.25) is 0 Å². The minimum absolute atomic E-state index is 0.144. The van der Waals surface area contributed by atoms with E-state index in [1.807, 2.05) is 0 Å². The van der Waals surface area contributed by atoms with Gasteiger partial charge in [-0.15, -0.1) is 0 Å². The van der Waals surface area contributed by atoms with Crippen LogP contribution in [0.3, 0.4) is 0 Å². The first-order valence-corrected chi connectivity index (χ1v) is 9.66. The van der Waals surface area contributed by atoms with Gasteiger partial charge >= 0.3 is 0 Å². The van der Waals surface area contributed by atoms with E-state index in [0.29, 0.717) is 28.1 Å². The first kappa shape index (κ1) is 21.1. The van der Waals surface area contributed by atoms with E-state index in [1.165, 1.54) is 23.9 Å². The van der Waals surface area contributed by atoms with Gasteiger partial charge in [-0.05, 0) is 30.2 Å². The zero-order valence-electron chi connectivity index (χ0n) is 15.4. The number of anilines is 1. The molecule has 0 radical (unpaired) electrons. The van der Waals surface area contributed by atoms with E-state index in [9.17, 15) is 19.9 Å². The zero-order chi connectivity index (χ0) is 19.8. The summed E-state index contributed by atoms with van der Waals surface area (Å²) >= 11 is 1.47. The molecule has 0 fully saturated rings. The van der Waals surface area contributed by atoms with E-state index < -0.39 is 0 Å². The third-order valence-corrected chi connectivity index (χ3v) is 4.96. The lowest BCUT2D eigenvalue weighted by Crippen LogP contribution is -2.31. The molecule has 1 heterocycles. The molecule has 0 saturated carbocycles. The Kier molecular flexibility index (Phi) is 7.98. The molecule has 0 aliphatic rings. The van der Waals surface area contributed by atoms with Crippen LogP contribution in [0.1, 0.15) is 19.4 Å². The number of nitrogens with zero attached hydrogens (tertiary/aromatic N) is 4. The van der Waals surface area contributed by atoms with Crippen LogP contribution in [0.4, 0.5) is 10.2 Å². The molecular formula is C19H23FN4O2S. The second kappa shape index (κ2) is 10.2. The van der Waals surface area contributed by atoms with Crippen molar-refractivity contribution in [3.63, 3.8) is 0 Å². The summed E-state index contributed by atoms with van der Waals surface area (Å²) in [6, 6.07) is 7.91. The minimum atomic E-state index is -0.372. The van der Waals surface area contributed by atoms with Gasteiger partial charge in [0.1, 0.15) is 17.4 Å². The number of benzene rings is 1. The number of rotatable bonds is 9. The number of thioether (sulfide) groups is 1. The summed E-state index contributed by atoms with van der Waals surface area (Å²) in [6.45, 7) is 4.34. The van der Waals surface area contributed by atoms with Crippen LogP contribution in [0.5, 0.6) is 0 Å². The molecule has 0 spiro atoms. The fourth-order valence-corrected chi connectivity index (χ4v) is 3.24. The maximum Gasteiger partial charge on any atom is 0.190 e. The van der Waals surface area contributed by atoms with E-state index in [2.05, 4.69) is 29.9 Å². The molecule has 2 rings (SSSR count). The number of aliphatic hydroxyl groups is 2. The van der Waals surface area contributed by atoms with Crippen molar-refractivity contribution < 1.29 is 14.6 Å². The molecule has 0 unspecified atom stereocenters. The van der Waals surface area contributed by atoms with E-state index >= 15 is 0 Å². The Morgan fingerprint density at radius 1 is 1.15 bits per heavy atom. The van der Waals surface area contributed by atoms with Crippen molar-refractivity contribution in [1.29, 1.82) is 5.26 Å². The van der Waals surface area contributed by atoms with Crippen LogP contribution in [0.25, 0.3) is 11.3 Å². The maximum atomic E-state index is 13.3. The fourth-order valence-electron chi connectivity index (χ4n) is 2.45. The van der Waals surface area contributed by atoms with Crippen LogP contribution in [-0.4, -0.2) is 52.2 Å². The third-order valence-electron chi connectivity index (χ3n) is 3.68. The van der Waals surface area contributed by atoms with Crippen molar-refractivity contribution in [2.24, 2.45) is 5.92 Å². The van der Waals surface area contributed by atoms with Gasteiger partial charge in [-0.1, -0.05) is 25.6 Å². The van der Waals surface area contributed by atoms with Crippen LogP contribution in [0.15, 0.2) is 29.4 Å². The molecule has 6 nitrogen and oxygen atoms in total. The molecule has 144 valence electrons. The van der Waals surface area contributed by atoms with Crippen LogP contribution in [0, 0.1) is 23.1 Å². The van der Waals surface area contributed by atoms with Gasteiger partial charge in [-0.2, -0.15) is 5.26 Å². The van der Waals surface area contributed by atoms with Gasteiger partial charge in [0.15, 0.2) is 11.0 Å². The van der Waals surface area contributed by atoms with Crippen molar-refractivity contribution in [3.8, 4) is 17.3 Å². The molecule has 2 aromatic rings. The van der Waals surface area contributed by atoms with E-state index in [0.717, 1.165) is 5.75 Å². The Morgan fingerprint density at radius 2 is 1.78 bits per heavy atom. The monoisotopic (exact) mass is 390 g/mol. The summed E-state index contributed by atoms with van der Waals surface area (Å²) in [5, 5.41) is 29.0. The van der Waals surface area contributed by atoms with Crippen LogP contribution in [-0.2, 0) is 0 Å². The largest absolute Gasteiger partial charge is 0.395 e. The highest BCUT2D eigenvalue weighted by Gasteiger charge is 2.21. The standard InChI is InChI=1S/C19H23FN4O2S/c1-13(2)12-27-19-22-17(14-3-5-15(20)6-4-14)16(11-21)18(23-19)24(7-9-25)8-10-26/h3-6,13,25-26H,7-10,12H2,1-2H3. The van der Waals surface area contributed by atoms with Crippen molar-refractivity contribution >= 4 is 17.6 Å². The normalized spacial score (nSPS) is 10.9. The van der Waals surface area contributed by atoms with E-state index in [1.54, 1.807) is 17.0 Å². The molecule has 0 aliphatic carbocycles. The van der Waals surface area contributed by atoms with Crippen molar-refractivity contribution in [2.45, 2.75) is 19.0 Å². The number of nitriles is 1. The topological polar surface area (TPSA) is 93.3 Å². The number of hydrogen-bond donors (Lipinski definition) is 2. The lowest BCUT2D eigenvalue weighted by atomic mass is 10.1. The molecule has 1 aromatic heterocycles. The quantitative estimate of drug-likeness (QED) is 0.502. The highest BCUT2D eigenvalue weighted by atomic mass is 32.2. The van der Waals surface area contributed by atoms with Gasteiger partial charge < -0.3 is 15.1 Å². The van der Waals surface area contributed by atoms with Crippen LogP contribution >= 0.6 is 11.8 Å². The molecule has 0 aliphatic heterocycles. The van der Waals surface area contributed by atoms with Crippen LogP contribution < -0.4 is 4.90 Å². The predicted molar refractivity (Wildman–Crippen MR) is 104 cm³/mol. The molecule has 8 heteroatoms. The second-order valence-corrected chi connectivity index (χ2v) is 7.30. The Balaban J connectivity index is 2.61. The smallest absolute Gasteiger partial charge is 0.190 e. The average molecular weight is 390 g/mol. The predicted octanol–water partition coefficient (Wildman–Crippen LogP) is 2.69. The van der Waals surface area contributed by atoms with E-state index in [-0.39, 0.29) is 37.7 Å². The summed E-state index contributed by atoms with van der Waals surface area (Å²) in [5.41, 5.74) is 1.25. The summed E-state index contributed by atoms with van der Waals surface area (Å²) in [4.78, 5) is 10.7. The van der Waals surface area contributed by atoms with E-state index in [4.69, 9.17) is 0 Å². The highest BCUT2D eigenvalue weighted by molar-refractivity contribution is 7.99. The van der Waals surface area contributed by atoms with Gasteiger partial charge in [0.2, 0.25) is 0 Å². The molecule has 1 aromatic carbocycles. The summed E-state index contributed by atoms with van der Waals surface area (Å²) in [6.07, 6.45) is 0. The molecule has 0 saturated heterocycles. The maximum absolute atomic E-state index is 13.3. The second-order valence-electron chi connectivity index (χ2n) is 6.31. The fraction of sp³-hybridized carbons (Fsp3) is 0.421. The molecule has 27 heavy (non-hydrogen) atoms. The van der Waals surface area contributed by atoms with Crippen molar-refractivity contribution in [2.75, 3.05) is 37.0 Å². The number of aliphatic hydroxyl groups excluding tert-OH is 2. The molecular weight excluding hydrogens is 367 g/mol. The highest BCUT2D eigenvalue weighted by Crippen LogP contribution is 2.31. The lowest BCUT2D eigenvalue weighted by molar-refractivity contribution is 0.280. The summed E-state index contributed by atoms with van der Waals surface area (Å²) in [7, 11) is 0. The zero-order valence-corrected chi connectivity index (χ0v) is 16.2. The first-order valence-electron chi connectivity index (χ1n) is 8.67.